The molecule has 1 aromatic carbocycles. The largest absolute Gasteiger partial charge is 0.451 e. The van der Waals surface area contributed by atoms with Gasteiger partial charge in [0.1, 0.15) is 5.58 Å². The fourth-order valence-electron chi connectivity index (χ4n) is 2.27. The second-order valence-corrected chi connectivity index (χ2v) is 4.79. The van der Waals surface area contributed by atoms with E-state index in [1.807, 2.05) is 43.0 Å². The summed E-state index contributed by atoms with van der Waals surface area (Å²) in [5.41, 5.74) is 1.73. The normalized spacial score (nSPS) is 10.9. The van der Waals surface area contributed by atoms with E-state index in [1.54, 1.807) is 0 Å². The minimum absolute atomic E-state index is 0.00431. The highest BCUT2D eigenvalue weighted by molar-refractivity contribution is 5.98. The number of para-hydroxylation sites is 1. The van der Waals surface area contributed by atoms with Crippen LogP contribution in [0.25, 0.3) is 11.0 Å². The fraction of sp³-hybridized carbons (Fsp3) is 0.438. The van der Waals surface area contributed by atoms with E-state index in [0.29, 0.717) is 5.76 Å². The number of rotatable bonds is 5. The van der Waals surface area contributed by atoms with Crippen molar-refractivity contribution in [2.75, 3.05) is 13.1 Å². The number of fused-ring (bicyclic) bond motifs is 1. The van der Waals surface area contributed by atoms with Gasteiger partial charge in [-0.25, -0.2) is 0 Å². The highest BCUT2D eigenvalue weighted by Gasteiger charge is 2.21. The van der Waals surface area contributed by atoms with Crippen molar-refractivity contribution >= 4 is 16.9 Å². The molecule has 0 N–H and O–H groups in total. The standard InChI is InChI=1S/C16H21NO2/c1-4-6-11-17(5-2)16(18)15-12(3)13-9-7-8-10-14(13)19-15/h7-10H,4-6,11H2,1-3H3. The van der Waals surface area contributed by atoms with E-state index in [4.69, 9.17) is 4.42 Å². The molecule has 0 aliphatic heterocycles. The molecule has 0 fully saturated rings. The van der Waals surface area contributed by atoms with Gasteiger partial charge in [0.2, 0.25) is 0 Å². The van der Waals surface area contributed by atoms with Crippen molar-refractivity contribution in [2.24, 2.45) is 0 Å². The SMILES string of the molecule is CCCCN(CC)C(=O)c1oc2ccccc2c1C. The number of carbonyl (C=O) groups excluding carboxylic acids is 1. The van der Waals surface area contributed by atoms with Crippen molar-refractivity contribution < 1.29 is 9.21 Å². The molecule has 0 saturated heterocycles. The molecule has 1 aromatic heterocycles. The molecule has 2 rings (SSSR count). The van der Waals surface area contributed by atoms with Crippen LogP contribution >= 0.6 is 0 Å². The lowest BCUT2D eigenvalue weighted by molar-refractivity contribution is 0.0731. The van der Waals surface area contributed by atoms with Crippen LogP contribution in [0.3, 0.4) is 0 Å². The molecule has 0 bridgehead atoms. The number of benzene rings is 1. The predicted octanol–water partition coefficient (Wildman–Crippen LogP) is 4.00. The van der Waals surface area contributed by atoms with Gasteiger partial charge in [-0.2, -0.15) is 0 Å². The zero-order valence-electron chi connectivity index (χ0n) is 11.9. The minimum atomic E-state index is 0.00431. The Morgan fingerprint density at radius 3 is 2.63 bits per heavy atom. The smallest absolute Gasteiger partial charge is 0.289 e. The molecule has 1 amide bonds. The van der Waals surface area contributed by atoms with Crippen LogP contribution in [-0.4, -0.2) is 23.9 Å². The number of furan rings is 1. The quantitative estimate of drug-likeness (QED) is 0.813. The number of unbranched alkanes of at least 4 members (excludes halogenated alkanes) is 1. The van der Waals surface area contributed by atoms with Crippen molar-refractivity contribution in [3.63, 3.8) is 0 Å². The minimum Gasteiger partial charge on any atom is -0.451 e. The van der Waals surface area contributed by atoms with E-state index in [1.165, 1.54) is 0 Å². The van der Waals surface area contributed by atoms with Gasteiger partial charge in [0.15, 0.2) is 5.76 Å². The van der Waals surface area contributed by atoms with Crippen LogP contribution in [0.15, 0.2) is 28.7 Å². The van der Waals surface area contributed by atoms with Gasteiger partial charge < -0.3 is 9.32 Å². The molecule has 19 heavy (non-hydrogen) atoms. The van der Waals surface area contributed by atoms with Crippen LogP contribution in [0.2, 0.25) is 0 Å². The second-order valence-electron chi connectivity index (χ2n) is 4.79. The second kappa shape index (κ2) is 5.91. The van der Waals surface area contributed by atoms with Crippen molar-refractivity contribution in [1.29, 1.82) is 0 Å². The summed E-state index contributed by atoms with van der Waals surface area (Å²) in [6.07, 6.45) is 2.11. The van der Waals surface area contributed by atoms with E-state index < -0.39 is 0 Å². The third kappa shape index (κ3) is 2.65. The topological polar surface area (TPSA) is 33.5 Å². The van der Waals surface area contributed by atoms with Gasteiger partial charge in [-0.15, -0.1) is 0 Å². The maximum Gasteiger partial charge on any atom is 0.289 e. The van der Waals surface area contributed by atoms with Gasteiger partial charge >= 0.3 is 0 Å². The third-order valence-electron chi connectivity index (χ3n) is 3.49. The maximum atomic E-state index is 12.5. The molecule has 0 aliphatic carbocycles. The van der Waals surface area contributed by atoms with Gasteiger partial charge in [0, 0.05) is 24.0 Å². The number of hydrogen-bond donors (Lipinski definition) is 0. The van der Waals surface area contributed by atoms with Crippen LogP contribution in [0, 0.1) is 6.92 Å². The first kappa shape index (κ1) is 13.7. The monoisotopic (exact) mass is 259 g/mol. The Balaban J connectivity index is 2.32. The predicted molar refractivity (Wildman–Crippen MR) is 77.4 cm³/mol. The van der Waals surface area contributed by atoms with E-state index in [9.17, 15) is 4.79 Å². The molecule has 2 aromatic rings. The molecule has 0 unspecified atom stereocenters. The average Bonchev–Trinajstić information content (AvgIpc) is 2.77. The van der Waals surface area contributed by atoms with Crippen molar-refractivity contribution in [1.82, 2.24) is 4.90 Å². The van der Waals surface area contributed by atoms with Crippen LogP contribution in [0.4, 0.5) is 0 Å². The van der Waals surface area contributed by atoms with Crippen molar-refractivity contribution in [2.45, 2.75) is 33.6 Å². The molecule has 0 saturated carbocycles. The van der Waals surface area contributed by atoms with E-state index in [-0.39, 0.29) is 5.91 Å². The molecule has 3 heteroatoms. The number of nitrogens with zero attached hydrogens (tertiary/aromatic N) is 1. The molecule has 0 atom stereocenters. The van der Waals surface area contributed by atoms with Crippen LogP contribution < -0.4 is 0 Å². The Bertz CT molecular complexity index is 571. The van der Waals surface area contributed by atoms with Crippen LogP contribution in [0.1, 0.15) is 42.8 Å². The van der Waals surface area contributed by atoms with Crippen LogP contribution in [0.5, 0.6) is 0 Å². The van der Waals surface area contributed by atoms with E-state index in [2.05, 4.69) is 6.92 Å². The highest BCUT2D eigenvalue weighted by atomic mass is 16.3. The summed E-state index contributed by atoms with van der Waals surface area (Å²) in [7, 11) is 0. The Hall–Kier alpha value is -1.77. The van der Waals surface area contributed by atoms with Gasteiger partial charge in [0.05, 0.1) is 0 Å². The molecule has 0 spiro atoms. The fourth-order valence-corrected chi connectivity index (χ4v) is 2.27. The Labute approximate surface area is 114 Å². The summed E-state index contributed by atoms with van der Waals surface area (Å²) in [5.74, 6) is 0.490. The van der Waals surface area contributed by atoms with Gasteiger partial charge in [0.25, 0.3) is 5.91 Å². The zero-order chi connectivity index (χ0) is 13.8. The number of amides is 1. The van der Waals surface area contributed by atoms with Crippen LogP contribution in [-0.2, 0) is 0 Å². The average molecular weight is 259 g/mol. The van der Waals surface area contributed by atoms with Gasteiger partial charge in [-0.3, -0.25) is 4.79 Å². The maximum absolute atomic E-state index is 12.5. The van der Waals surface area contributed by atoms with E-state index in [0.717, 1.165) is 42.5 Å². The molecule has 1 heterocycles. The first-order valence-electron chi connectivity index (χ1n) is 6.96. The Morgan fingerprint density at radius 2 is 2.00 bits per heavy atom. The summed E-state index contributed by atoms with van der Waals surface area (Å²) in [4.78, 5) is 14.4. The summed E-state index contributed by atoms with van der Waals surface area (Å²) in [6, 6.07) is 7.79. The lowest BCUT2D eigenvalue weighted by atomic mass is 10.1. The first-order chi connectivity index (χ1) is 9.19. The highest BCUT2D eigenvalue weighted by Crippen LogP contribution is 2.25. The Morgan fingerprint density at radius 1 is 1.26 bits per heavy atom. The number of aryl methyl sites for hydroxylation is 1. The number of carbonyl (C=O) groups is 1. The molecule has 3 nitrogen and oxygen atoms in total. The summed E-state index contributed by atoms with van der Waals surface area (Å²) < 4.78 is 5.73. The van der Waals surface area contributed by atoms with Gasteiger partial charge in [-0.1, -0.05) is 31.5 Å². The molecule has 0 aliphatic rings. The van der Waals surface area contributed by atoms with E-state index >= 15 is 0 Å². The summed E-state index contributed by atoms with van der Waals surface area (Å²) in [5, 5.41) is 1.03. The number of hydrogen-bond acceptors (Lipinski definition) is 2. The Kier molecular flexibility index (Phi) is 4.25. The molecule has 0 radical (unpaired) electrons. The lowest BCUT2D eigenvalue weighted by Crippen LogP contribution is -2.31. The lowest BCUT2D eigenvalue weighted by Gasteiger charge is -2.19. The molecular formula is C16H21NO2. The van der Waals surface area contributed by atoms with Gasteiger partial charge in [-0.05, 0) is 26.3 Å². The first-order valence-corrected chi connectivity index (χ1v) is 6.96. The zero-order valence-corrected chi connectivity index (χ0v) is 11.9. The summed E-state index contributed by atoms with van der Waals surface area (Å²) >= 11 is 0. The molecular weight excluding hydrogens is 238 g/mol. The molecule has 102 valence electrons. The van der Waals surface area contributed by atoms with Crippen molar-refractivity contribution in [3.8, 4) is 0 Å². The third-order valence-corrected chi connectivity index (χ3v) is 3.49. The summed E-state index contributed by atoms with van der Waals surface area (Å²) in [6.45, 7) is 7.60. The van der Waals surface area contributed by atoms with Crippen molar-refractivity contribution in [3.05, 3.63) is 35.6 Å².